The van der Waals surface area contributed by atoms with Crippen molar-refractivity contribution >= 4 is 46.2 Å². The summed E-state index contributed by atoms with van der Waals surface area (Å²) in [7, 11) is 0. The highest BCUT2D eigenvalue weighted by atomic mass is 35.5. The molecule has 0 fully saturated rings. The minimum absolute atomic E-state index is 0.263. The third-order valence-corrected chi connectivity index (χ3v) is 2.77. The van der Waals surface area contributed by atoms with Gasteiger partial charge in [0.15, 0.2) is 5.11 Å². The molecule has 0 aromatic heterocycles. The minimum atomic E-state index is 0.263. The second-order valence-corrected chi connectivity index (χ2v) is 5.23. The second-order valence-electron chi connectivity index (χ2n) is 3.98. The van der Waals surface area contributed by atoms with Crippen LogP contribution in [0.3, 0.4) is 0 Å². The van der Waals surface area contributed by atoms with E-state index in [-0.39, 0.29) is 6.04 Å². The average molecular weight is 304 g/mol. The maximum Gasteiger partial charge on any atom is 0.185 e. The highest BCUT2D eigenvalue weighted by Crippen LogP contribution is 2.24. The first-order chi connectivity index (χ1) is 8.40. The molecule has 0 heterocycles. The number of benzene rings is 1. The van der Waals surface area contributed by atoms with Gasteiger partial charge < -0.3 is 5.32 Å². The summed E-state index contributed by atoms with van der Waals surface area (Å²) in [4.78, 5) is 0. The predicted molar refractivity (Wildman–Crippen MR) is 82.6 cm³/mol. The molecule has 0 spiro atoms. The van der Waals surface area contributed by atoms with Crippen molar-refractivity contribution in [2.24, 2.45) is 0 Å². The first-order valence-corrected chi connectivity index (χ1v) is 6.53. The van der Waals surface area contributed by atoms with Gasteiger partial charge in [-0.25, -0.2) is 0 Å². The van der Waals surface area contributed by atoms with E-state index >= 15 is 0 Å². The molecule has 0 atom stereocenters. The van der Waals surface area contributed by atoms with Crippen molar-refractivity contribution in [2.75, 3.05) is 0 Å². The summed E-state index contributed by atoms with van der Waals surface area (Å²) in [5, 5.41) is 4.65. The van der Waals surface area contributed by atoms with Gasteiger partial charge in [0.2, 0.25) is 0 Å². The minimum Gasteiger partial charge on any atom is -0.359 e. The highest BCUT2D eigenvalue weighted by Gasteiger charge is 2.05. The number of thiocarbonyl (C=S) groups is 1. The van der Waals surface area contributed by atoms with Gasteiger partial charge >= 0.3 is 0 Å². The van der Waals surface area contributed by atoms with Gasteiger partial charge in [-0.15, -0.1) is 0 Å². The maximum absolute atomic E-state index is 6.06. The SMILES string of the molecule is C=C(NNC(=S)NC(C)C)c1ccc(Cl)cc1Cl. The summed E-state index contributed by atoms with van der Waals surface area (Å²) in [6, 6.07) is 5.47. The Kier molecular flexibility index (Phi) is 5.72. The van der Waals surface area contributed by atoms with Crippen LogP contribution in [0.4, 0.5) is 0 Å². The fourth-order valence-corrected chi connectivity index (χ4v) is 2.04. The normalized spacial score (nSPS) is 10.1. The zero-order valence-corrected chi connectivity index (χ0v) is 12.5. The summed E-state index contributed by atoms with van der Waals surface area (Å²) in [6.45, 7) is 7.88. The van der Waals surface area contributed by atoms with E-state index in [0.717, 1.165) is 5.56 Å². The van der Waals surface area contributed by atoms with Gasteiger partial charge in [0, 0.05) is 16.6 Å². The van der Waals surface area contributed by atoms with E-state index in [9.17, 15) is 0 Å². The first kappa shape index (κ1) is 15.1. The molecule has 98 valence electrons. The fourth-order valence-electron chi connectivity index (χ4n) is 1.23. The summed E-state index contributed by atoms with van der Waals surface area (Å²) < 4.78 is 0. The van der Waals surface area contributed by atoms with Gasteiger partial charge in [0.25, 0.3) is 0 Å². The Morgan fingerprint density at radius 1 is 1.28 bits per heavy atom. The molecule has 0 aliphatic carbocycles. The van der Waals surface area contributed by atoms with Crippen molar-refractivity contribution in [1.29, 1.82) is 0 Å². The topological polar surface area (TPSA) is 36.1 Å². The summed E-state index contributed by atoms with van der Waals surface area (Å²) in [5.74, 6) is 0. The molecule has 3 N–H and O–H groups in total. The van der Waals surface area contributed by atoms with E-state index in [1.54, 1.807) is 18.2 Å². The molecule has 0 aliphatic heterocycles. The third-order valence-electron chi connectivity index (χ3n) is 2.00. The number of hydrazine groups is 1. The molecule has 0 saturated heterocycles. The monoisotopic (exact) mass is 303 g/mol. The Morgan fingerprint density at radius 3 is 2.50 bits per heavy atom. The van der Waals surface area contributed by atoms with E-state index < -0.39 is 0 Å². The largest absolute Gasteiger partial charge is 0.359 e. The molecule has 18 heavy (non-hydrogen) atoms. The van der Waals surface area contributed by atoms with Gasteiger partial charge in [-0.3, -0.25) is 10.9 Å². The molecule has 0 bridgehead atoms. The van der Waals surface area contributed by atoms with Gasteiger partial charge in [-0.05, 0) is 44.3 Å². The lowest BCUT2D eigenvalue weighted by atomic mass is 10.2. The molecule has 0 unspecified atom stereocenters. The number of rotatable bonds is 4. The molecule has 3 nitrogen and oxygen atoms in total. The smallest absolute Gasteiger partial charge is 0.185 e. The molecule has 0 saturated carbocycles. The lowest BCUT2D eigenvalue weighted by Crippen LogP contribution is -2.45. The van der Waals surface area contributed by atoms with E-state index in [1.807, 2.05) is 13.8 Å². The molecular weight excluding hydrogens is 289 g/mol. The predicted octanol–water partition coefficient (Wildman–Crippen LogP) is 3.34. The van der Waals surface area contributed by atoms with Crippen molar-refractivity contribution in [3.8, 4) is 0 Å². The van der Waals surface area contributed by atoms with E-state index in [0.29, 0.717) is 20.9 Å². The first-order valence-electron chi connectivity index (χ1n) is 5.37. The average Bonchev–Trinajstić information content (AvgIpc) is 2.25. The lowest BCUT2D eigenvalue weighted by Gasteiger charge is -2.16. The Hall–Kier alpha value is -0.970. The van der Waals surface area contributed by atoms with Crippen LogP contribution in [0.2, 0.25) is 10.0 Å². The van der Waals surface area contributed by atoms with Crippen LogP contribution in [-0.4, -0.2) is 11.2 Å². The molecule has 0 aliphatic rings. The number of hydrogen-bond donors (Lipinski definition) is 3. The standard InChI is InChI=1S/C12H15Cl2N3S/c1-7(2)15-12(18)17-16-8(3)10-5-4-9(13)6-11(10)14/h4-7,16H,3H2,1-2H3,(H2,15,17,18). The second kappa shape index (κ2) is 6.83. The zero-order chi connectivity index (χ0) is 13.7. The Bertz CT molecular complexity index is 461. The van der Waals surface area contributed by atoms with Gasteiger partial charge in [-0.2, -0.15) is 0 Å². The van der Waals surface area contributed by atoms with Crippen LogP contribution in [0.25, 0.3) is 5.70 Å². The van der Waals surface area contributed by atoms with Crippen LogP contribution in [0.1, 0.15) is 19.4 Å². The van der Waals surface area contributed by atoms with Crippen LogP contribution in [0.5, 0.6) is 0 Å². The Labute approximate surface area is 123 Å². The molecule has 1 aromatic rings. The maximum atomic E-state index is 6.06. The van der Waals surface area contributed by atoms with Crippen molar-refractivity contribution in [1.82, 2.24) is 16.2 Å². The molecule has 1 aromatic carbocycles. The molecule has 1 rings (SSSR count). The summed E-state index contributed by atoms with van der Waals surface area (Å²) in [5.41, 5.74) is 7.10. The van der Waals surface area contributed by atoms with E-state index in [1.165, 1.54) is 0 Å². The summed E-state index contributed by atoms with van der Waals surface area (Å²) >= 11 is 17.0. The number of halogens is 2. The fraction of sp³-hybridized carbons (Fsp3) is 0.250. The van der Waals surface area contributed by atoms with Crippen LogP contribution < -0.4 is 16.2 Å². The third kappa shape index (κ3) is 4.72. The van der Waals surface area contributed by atoms with Crippen molar-refractivity contribution < 1.29 is 0 Å². The molecular formula is C12H15Cl2N3S. The highest BCUT2D eigenvalue weighted by molar-refractivity contribution is 7.80. The summed E-state index contributed by atoms with van der Waals surface area (Å²) in [6.07, 6.45) is 0. The van der Waals surface area contributed by atoms with Gasteiger partial charge in [0.1, 0.15) is 0 Å². The number of hydrogen-bond acceptors (Lipinski definition) is 2. The molecule has 6 heteroatoms. The van der Waals surface area contributed by atoms with Gasteiger partial charge in [-0.1, -0.05) is 29.8 Å². The van der Waals surface area contributed by atoms with E-state index in [2.05, 4.69) is 22.7 Å². The molecule has 0 radical (unpaired) electrons. The quantitative estimate of drug-likeness (QED) is 0.589. The van der Waals surface area contributed by atoms with Crippen LogP contribution in [0.15, 0.2) is 24.8 Å². The molecule has 0 amide bonds. The van der Waals surface area contributed by atoms with Crippen molar-refractivity contribution in [3.05, 3.63) is 40.4 Å². The van der Waals surface area contributed by atoms with Crippen LogP contribution in [-0.2, 0) is 0 Å². The van der Waals surface area contributed by atoms with Crippen LogP contribution >= 0.6 is 35.4 Å². The van der Waals surface area contributed by atoms with E-state index in [4.69, 9.17) is 35.4 Å². The van der Waals surface area contributed by atoms with Crippen LogP contribution in [0, 0.1) is 0 Å². The van der Waals surface area contributed by atoms with Crippen molar-refractivity contribution in [3.63, 3.8) is 0 Å². The van der Waals surface area contributed by atoms with Gasteiger partial charge in [0.05, 0.1) is 10.7 Å². The Balaban J connectivity index is 2.58. The zero-order valence-electron chi connectivity index (χ0n) is 10.2. The Morgan fingerprint density at radius 2 is 1.94 bits per heavy atom. The number of nitrogens with one attached hydrogen (secondary N) is 3. The lowest BCUT2D eigenvalue weighted by molar-refractivity contribution is 0.700. The van der Waals surface area contributed by atoms with Crippen molar-refractivity contribution in [2.45, 2.75) is 19.9 Å².